The molecule has 1 fully saturated rings. The molecule has 1 saturated heterocycles. The Morgan fingerprint density at radius 2 is 1.56 bits per heavy atom. The topological polar surface area (TPSA) is 21.7 Å². The summed E-state index contributed by atoms with van der Waals surface area (Å²) in [5, 5.41) is 0. The zero-order valence-electron chi connectivity index (χ0n) is 27.2. The molecule has 3 aromatic rings. The second-order valence-electron chi connectivity index (χ2n) is 13.3. The van der Waals surface area contributed by atoms with Crippen LogP contribution in [0, 0.1) is 6.54 Å². The van der Waals surface area contributed by atoms with Gasteiger partial charge in [-0.05, 0) is 67.3 Å². The number of para-hydroxylation sites is 2. The Kier molecular flexibility index (Phi) is 11.1. The van der Waals surface area contributed by atoms with E-state index < -0.39 is 13.5 Å². The zero-order valence-corrected chi connectivity index (χ0v) is 30.4. The fourth-order valence-corrected chi connectivity index (χ4v) is 8.50. The molecule has 1 aliphatic heterocycles. The fourth-order valence-electron chi connectivity index (χ4n) is 6.69. The average Bonchev–Trinajstić information content (AvgIpc) is 3.43. The molecule has 1 aliphatic carbocycles. The number of nitrogens with zero attached hydrogens (tertiary/aromatic N) is 1. The van der Waals surface area contributed by atoms with Crippen molar-refractivity contribution in [1.29, 1.82) is 0 Å². The van der Waals surface area contributed by atoms with E-state index in [9.17, 15) is 0 Å². The summed E-state index contributed by atoms with van der Waals surface area (Å²) in [6, 6.07) is 21.4. The van der Waals surface area contributed by atoms with E-state index in [1.165, 1.54) is 34.4 Å². The van der Waals surface area contributed by atoms with Crippen molar-refractivity contribution in [2.24, 2.45) is 0 Å². The maximum atomic E-state index is 5.82. The first-order valence-electron chi connectivity index (χ1n) is 15.3. The maximum Gasteiger partial charge on any atom is 0.119 e. The minimum atomic E-state index is -1.77. The van der Waals surface area contributed by atoms with E-state index in [-0.39, 0.29) is 17.1 Å². The summed E-state index contributed by atoms with van der Waals surface area (Å²) >= 11 is -1.77. The number of aryl methyl sites for hydroxylation is 1. The molecular formula is C37H48Cl2NO2Ru-. The van der Waals surface area contributed by atoms with Gasteiger partial charge in [-0.2, -0.15) is 0 Å². The maximum absolute atomic E-state index is 5.82. The first kappa shape index (κ1) is 34.0. The summed E-state index contributed by atoms with van der Waals surface area (Å²) in [4.78, 5) is 2.64. The van der Waals surface area contributed by atoms with Crippen molar-refractivity contribution in [1.82, 2.24) is 0 Å². The molecule has 0 aromatic heterocycles. The second kappa shape index (κ2) is 14.1. The molecule has 236 valence electrons. The first-order chi connectivity index (χ1) is 20.3. The van der Waals surface area contributed by atoms with Crippen LogP contribution in [0.25, 0.3) is 0 Å². The van der Waals surface area contributed by atoms with Crippen LogP contribution in [0.1, 0.15) is 108 Å². The Bertz CT molecular complexity index is 1420. The number of rotatable bonds is 7. The van der Waals surface area contributed by atoms with Gasteiger partial charge in [-0.1, -0.05) is 63.9 Å². The Labute approximate surface area is 273 Å². The molecule has 1 spiro atoms. The molecule has 3 nitrogen and oxygen atoms in total. The van der Waals surface area contributed by atoms with E-state index in [0.29, 0.717) is 11.8 Å². The largest absolute Gasteiger partial charge is 0.517 e. The predicted octanol–water partition coefficient (Wildman–Crippen LogP) is 10.5. The monoisotopic (exact) mass is 710 g/mol. The summed E-state index contributed by atoms with van der Waals surface area (Å²) < 4.78 is 13.0. The van der Waals surface area contributed by atoms with Crippen LogP contribution in [0.3, 0.4) is 0 Å². The number of anilines is 1. The van der Waals surface area contributed by atoms with Crippen molar-refractivity contribution in [2.75, 3.05) is 12.0 Å². The van der Waals surface area contributed by atoms with Crippen LogP contribution in [0.5, 0.6) is 11.5 Å². The van der Waals surface area contributed by atoms with Crippen molar-refractivity contribution >= 4 is 29.7 Å². The number of methoxy groups -OCH3 is 1. The quantitative estimate of drug-likeness (QED) is 0.180. The van der Waals surface area contributed by atoms with E-state index >= 15 is 0 Å². The van der Waals surface area contributed by atoms with Gasteiger partial charge in [0.1, 0.15) is 5.75 Å². The van der Waals surface area contributed by atoms with Crippen molar-refractivity contribution in [2.45, 2.75) is 104 Å². The van der Waals surface area contributed by atoms with Crippen molar-refractivity contribution in [3.8, 4) is 11.5 Å². The molecule has 0 N–H and O–H groups in total. The van der Waals surface area contributed by atoms with Gasteiger partial charge >= 0.3 is 97.8 Å². The molecule has 0 radical (unpaired) electrons. The van der Waals surface area contributed by atoms with E-state index in [4.69, 9.17) is 28.9 Å². The second-order valence-corrected chi connectivity index (χ2v) is 19.0. The zero-order chi connectivity index (χ0) is 31.5. The van der Waals surface area contributed by atoms with Gasteiger partial charge in [-0.3, -0.25) is 0 Å². The third kappa shape index (κ3) is 7.69. The molecule has 3 aromatic carbocycles. The molecule has 0 unspecified atom stereocenters. The van der Waals surface area contributed by atoms with E-state index in [0.717, 1.165) is 29.9 Å². The van der Waals surface area contributed by atoms with Gasteiger partial charge in [-0.15, -0.1) is 5.41 Å². The van der Waals surface area contributed by atoms with Crippen molar-refractivity contribution in [3.63, 3.8) is 0 Å². The van der Waals surface area contributed by atoms with Gasteiger partial charge in [0, 0.05) is 11.2 Å². The standard InChI is InChI=1S/C27H36NO.C10H12O.2ClH.Ru/c1-18(2)22-9-8-10-23(19(3)4)25(22)28-17-27(16-26(28,5)6)14-13-20-15-21(29-7)11-12-24(20)27;1-8(2)11-10-7-5-4-6-9(10)3;;;/h8-12,15,17-19H,13-14,16H2,1-7H3;3-8H,1-2H3;2*1H;/q-1;;;;+2/p-2/t27-;;;;/m0..../s1. The Morgan fingerprint density at radius 1 is 0.907 bits per heavy atom. The predicted molar refractivity (Wildman–Crippen MR) is 182 cm³/mol. The van der Waals surface area contributed by atoms with Crippen LogP contribution in [0.2, 0.25) is 0 Å². The van der Waals surface area contributed by atoms with Crippen LogP contribution in [0.4, 0.5) is 5.69 Å². The van der Waals surface area contributed by atoms with Gasteiger partial charge in [0.25, 0.3) is 0 Å². The van der Waals surface area contributed by atoms with Gasteiger partial charge < -0.3 is 9.64 Å². The molecule has 2 aliphatic rings. The first-order valence-corrected chi connectivity index (χ1v) is 20.8. The van der Waals surface area contributed by atoms with Crippen LogP contribution in [-0.4, -0.2) is 23.4 Å². The molecular weight excluding hydrogens is 662 g/mol. The SMILES string of the molecule is CC(C)Oc1ccccc1[CH]=[Ru]([Cl])[Cl].COc1ccc2c(c1)CC[C@]21[CH-]N(c2c(C(C)C)cccc2C(C)C)C(C)(C)C1. The van der Waals surface area contributed by atoms with Crippen LogP contribution in [-0.2, 0) is 25.4 Å². The third-order valence-electron chi connectivity index (χ3n) is 8.52. The minimum Gasteiger partial charge on any atom is -0.517 e. The molecule has 1 atom stereocenters. The van der Waals surface area contributed by atoms with E-state index in [1.54, 1.807) is 7.11 Å². The molecule has 5 rings (SSSR count). The Morgan fingerprint density at radius 3 is 2.14 bits per heavy atom. The van der Waals surface area contributed by atoms with Crippen LogP contribution < -0.4 is 14.4 Å². The molecule has 0 amide bonds. The summed E-state index contributed by atoms with van der Waals surface area (Å²) in [5.74, 6) is 2.83. The van der Waals surface area contributed by atoms with E-state index in [1.807, 2.05) is 42.7 Å². The van der Waals surface area contributed by atoms with Crippen molar-refractivity contribution < 1.29 is 23.0 Å². The smallest absolute Gasteiger partial charge is 0.119 e. The number of hydrogen-bond acceptors (Lipinski definition) is 3. The summed E-state index contributed by atoms with van der Waals surface area (Å²) in [6.45, 7) is 20.7. The third-order valence-corrected chi connectivity index (χ3v) is 10.4. The Balaban J connectivity index is 0.000000255. The molecule has 0 saturated carbocycles. The summed E-state index contributed by atoms with van der Waals surface area (Å²) in [6.07, 6.45) is 3.64. The van der Waals surface area contributed by atoms with Gasteiger partial charge in [0.2, 0.25) is 0 Å². The normalized spacial score (nSPS) is 19.0. The number of fused-ring (bicyclic) bond motifs is 2. The minimum absolute atomic E-state index is 0.0795. The molecule has 1 heterocycles. The number of halogens is 2. The molecule has 0 bridgehead atoms. The molecule has 6 heteroatoms. The fraction of sp³-hybridized carbons (Fsp3) is 0.459. The summed E-state index contributed by atoms with van der Waals surface area (Å²) in [7, 11) is 13.4. The average molecular weight is 711 g/mol. The van der Waals surface area contributed by atoms with Crippen LogP contribution >= 0.6 is 19.4 Å². The number of ether oxygens (including phenoxy) is 2. The summed E-state index contributed by atoms with van der Waals surface area (Å²) in [5.41, 5.74) is 8.53. The Hall–Kier alpha value is -1.87. The number of benzene rings is 3. The van der Waals surface area contributed by atoms with E-state index in [2.05, 4.69) is 89.4 Å². The number of hydrogen-bond donors (Lipinski definition) is 0. The van der Waals surface area contributed by atoms with Crippen molar-refractivity contribution in [3.05, 3.63) is 95.0 Å². The molecule has 43 heavy (non-hydrogen) atoms. The van der Waals surface area contributed by atoms with Gasteiger partial charge in [0.05, 0.1) is 7.11 Å². The van der Waals surface area contributed by atoms with Gasteiger partial charge in [0.15, 0.2) is 0 Å². The van der Waals surface area contributed by atoms with Gasteiger partial charge in [-0.25, -0.2) is 6.54 Å². The van der Waals surface area contributed by atoms with Crippen LogP contribution in [0.15, 0.2) is 60.7 Å².